The van der Waals surface area contributed by atoms with E-state index in [-0.39, 0.29) is 11.9 Å². The van der Waals surface area contributed by atoms with Gasteiger partial charge >= 0.3 is 0 Å². The Labute approximate surface area is 143 Å². The molecule has 2 aromatic rings. The van der Waals surface area contributed by atoms with Crippen molar-refractivity contribution in [2.45, 2.75) is 26.3 Å². The van der Waals surface area contributed by atoms with Crippen LogP contribution in [0.4, 0.5) is 5.69 Å². The Bertz CT molecular complexity index is 814. The van der Waals surface area contributed by atoms with Crippen LogP contribution in [0.1, 0.15) is 40.9 Å². The van der Waals surface area contributed by atoms with Crippen molar-refractivity contribution in [2.75, 3.05) is 11.0 Å². The van der Waals surface area contributed by atoms with Gasteiger partial charge in [-0.2, -0.15) is 0 Å². The molecule has 6 heteroatoms. The molecule has 0 saturated heterocycles. The molecule has 0 aromatic heterocycles. The first kappa shape index (κ1) is 18.0. The third kappa shape index (κ3) is 5.09. The molecule has 0 heterocycles. The second kappa shape index (κ2) is 7.49. The maximum Gasteiger partial charge on any atom is 0.251 e. The van der Waals surface area contributed by atoms with Crippen LogP contribution >= 0.6 is 0 Å². The summed E-state index contributed by atoms with van der Waals surface area (Å²) in [6, 6.07) is 14.4. The molecule has 0 aliphatic carbocycles. The van der Waals surface area contributed by atoms with Gasteiger partial charge in [0.1, 0.15) is 0 Å². The number of carbonyl (C=O) groups is 1. The van der Waals surface area contributed by atoms with Gasteiger partial charge in [-0.3, -0.25) is 9.52 Å². The minimum Gasteiger partial charge on any atom is -0.345 e. The molecule has 0 fully saturated rings. The summed E-state index contributed by atoms with van der Waals surface area (Å²) >= 11 is 0. The van der Waals surface area contributed by atoms with Crippen LogP contribution < -0.4 is 10.0 Å². The zero-order valence-electron chi connectivity index (χ0n) is 14.0. The number of hydrogen-bond acceptors (Lipinski definition) is 3. The van der Waals surface area contributed by atoms with Gasteiger partial charge in [0.25, 0.3) is 5.91 Å². The van der Waals surface area contributed by atoms with Crippen LogP contribution in [-0.2, 0) is 10.0 Å². The summed E-state index contributed by atoms with van der Waals surface area (Å²) in [7, 11) is -3.38. The second-order valence-electron chi connectivity index (χ2n) is 5.80. The highest BCUT2D eigenvalue weighted by atomic mass is 32.2. The highest BCUT2D eigenvalue weighted by Crippen LogP contribution is 2.19. The lowest BCUT2D eigenvalue weighted by atomic mass is 10.0. The highest BCUT2D eigenvalue weighted by Gasteiger charge is 2.14. The first-order valence-electron chi connectivity index (χ1n) is 7.74. The van der Waals surface area contributed by atoms with Crippen LogP contribution in [0.25, 0.3) is 0 Å². The van der Waals surface area contributed by atoms with Crippen LogP contribution in [0.15, 0.2) is 48.5 Å². The van der Waals surface area contributed by atoms with Gasteiger partial charge in [0.05, 0.1) is 12.3 Å². The van der Waals surface area contributed by atoms with E-state index in [1.54, 1.807) is 18.2 Å². The van der Waals surface area contributed by atoms with Gasteiger partial charge in [-0.15, -0.1) is 0 Å². The molecule has 0 saturated carbocycles. The molecule has 5 nitrogen and oxygen atoms in total. The Morgan fingerprint density at radius 1 is 1.12 bits per heavy atom. The van der Waals surface area contributed by atoms with Crippen LogP contribution in [-0.4, -0.2) is 20.6 Å². The van der Waals surface area contributed by atoms with Crippen LogP contribution in [0.3, 0.4) is 0 Å². The third-order valence-electron chi connectivity index (χ3n) is 3.62. The molecule has 1 unspecified atom stereocenters. The molecule has 0 aliphatic heterocycles. The van der Waals surface area contributed by atoms with Gasteiger partial charge in [0.15, 0.2) is 0 Å². The van der Waals surface area contributed by atoms with Crippen molar-refractivity contribution in [1.82, 2.24) is 5.32 Å². The molecule has 1 atom stereocenters. The van der Waals surface area contributed by atoms with E-state index in [2.05, 4.69) is 10.0 Å². The lowest BCUT2D eigenvalue weighted by Crippen LogP contribution is -2.28. The van der Waals surface area contributed by atoms with E-state index < -0.39 is 10.0 Å². The molecule has 2 aromatic carbocycles. The van der Waals surface area contributed by atoms with Crippen molar-refractivity contribution in [3.05, 3.63) is 65.2 Å². The quantitative estimate of drug-likeness (QED) is 0.843. The number of sulfonamides is 1. The van der Waals surface area contributed by atoms with Gasteiger partial charge in [0.2, 0.25) is 10.0 Å². The van der Waals surface area contributed by atoms with Crippen molar-refractivity contribution < 1.29 is 13.2 Å². The fraction of sp³-hybridized carbons (Fsp3) is 0.278. The van der Waals surface area contributed by atoms with Crippen LogP contribution in [0.5, 0.6) is 0 Å². The average molecular weight is 346 g/mol. The third-order valence-corrected chi connectivity index (χ3v) is 4.23. The van der Waals surface area contributed by atoms with Crippen molar-refractivity contribution in [2.24, 2.45) is 0 Å². The number of hydrogen-bond donors (Lipinski definition) is 2. The van der Waals surface area contributed by atoms with Crippen LogP contribution in [0, 0.1) is 6.92 Å². The Balaban J connectivity index is 2.16. The van der Waals surface area contributed by atoms with Gasteiger partial charge in [-0.05, 0) is 37.1 Å². The number of nitrogens with one attached hydrogen (secondary N) is 2. The first-order valence-corrected chi connectivity index (χ1v) is 9.63. The Morgan fingerprint density at radius 2 is 1.79 bits per heavy atom. The second-order valence-corrected chi connectivity index (χ2v) is 7.55. The molecular formula is C18H22N2O3S. The lowest BCUT2D eigenvalue weighted by molar-refractivity contribution is 0.0935. The largest absolute Gasteiger partial charge is 0.345 e. The number of anilines is 1. The maximum absolute atomic E-state index is 12.5. The standard InChI is InChI=1S/C18H22N2O3S/c1-4-17(14-10-8-13(2)9-11-14)19-18(21)15-6-5-7-16(12-15)20-24(3,22)23/h5-12,17,20H,4H2,1-3H3,(H,19,21). The van der Waals surface area contributed by atoms with Crippen molar-refractivity contribution in [1.29, 1.82) is 0 Å². The number of aryl methyl sites for hydroxylation is 1. The Morgan fingerprint density at radius 3 is 2.38 bits per heavy atom. The molecule has 2 rings (SSSR count). The SMILES string of the molecule is CCC(NC(=O)c1cccc(NS(C)(=O)=O)c1)c1ccc(C)cc1. The van der Waals surface area contributed by atoms with E-state index in [1.165, 1.54) is 11.6 Å². The van der Waals surface area contributed by atoms with E-state index in [9.17, 15) is 13.2 Å². The molecule has 0 spiro atoms. The first-order chi connectivity index (χ1) is 11.3. The van der Waals surface area contributed by atoms with E-state index in [1.807, 2.05) is 38.1 Å². The summed E-state index contributed by atoms with van der Waals surface area (Å²) in [6.45, 7) is 4.02. The van der Waals surface area contributed by atoms with E-state index in [0.29, 0.717) is 11.3 Å². The molecule has 0 radical (unpaired) electrons. The fourth-order valence-corrected chi connectivity index (χ4v) is 2.95. The molecule has 0 bridgehead atoms. The highest BCUT2D eigenvalue weighted by molar-refractivity contribution is 7.92. The summed E-state index contributed by atoms with van der Waals surface area (Å²) < 4.78 is 25.0. The summed E-state index contributed by atoms with van der Waals surface area (Å²) in [5, 5.41) is 2.99. The monoisotopic (exact) mass is 346 g/mol. The number of rotatable bonds is 6. The van der Waals surface area contributed by atoms with Crippen LogP contribution in [0.2, 0.25) is 0 Å². The van der Waals surface area contributed by atoms with Gasteiger partial charge in [0, 0.05) is 11.3 Å². The van der Waals surface area contributed by atoms with Crippen molar-refractivity contribution in [3.8, 4) is 0 Å². The van der Waals surface area contributed by atoms with Crippen molar-refractivity contribution >= 4 is 21.6 Å². The summed E-state index contributed by atoms with van der Waals surface area (Å²) in [6.07, 6.45) is 1.83. The summed E-state index contributed by atoms with van der Waals surface area (Å²) in [4.78, 5) is 12.5. The van der Waals surface area contributed by atoms with Crippen molar-refractivity contribution in [3.63, 3.8) is 0 Å². The minimum absolute atomic E-state index is 0.0929. The van der Waals surface area contributed by atoms with E-state index in [0.717, 1.165) is 18.2 Å². The Hall–Kier alpha value is -2.34. The predicted octanol–water partition coefficient (Wildman–Crippen LogP) is 3.25. The summed E-state index contributed by atoms with van der Waals surface area (Å²) in [5.41, 5.74) is 2.99. The predicted molar refractivity (Wildman–Crippen MR) is 96.6 cm³/mol. The minimum atomic E-state index is -3.38. The van der Waals surface area contributed by atoms with E-state index in [4.69, 9.17) is 0 Å². The van der Waals surface area contributed by atoms with Gasteiger partial charge < -0.3 is 5.32 Å². The molecule has 128 valence electrons. The molecule has 2 N–H and O–H groups in total. The number of benzene rings is 2. The number of amides is 1. The topological polar surface area (TPSA) is 75.3 Å². The van der Waals surface area contributed by atoms with E-state index >= 15 is 0 Å². The number of carbonyl (C=O) groups excluding carboxylic acids is 1. The average Bonchev–Trinajstić information content (AvgIpc) is 2.52. The molecule has 0 aliphatic rings. The smallest absolute Gasteiger partial charge is 0.251 e. The summed E-state index contributed by atoms with van der Waals surface area (Å²) in [5.74, 6) is -0.237. The zero-order chi connectivity index (χ0) is 17.7. The molecule has 24 heavy (non-hydrogen) atoms. The van der Waals surface area contributed by atoms with Gasteiger partial charge in [-0.1, -0.05) is 42.8 Å². The molecule has 1 amide bonds. The normalized spacial score (nSPS) is 12.5. The lowest BCUT2D eigenvalue weighted by Gasteiger charge is -2.18. The maximum atomic E-state index is 12.5. The zero-order valence-corrected chi connectivity index (χ0v) is 14.9. The van der Waals surface area contributed by atoms with Gasteiger partial charge in [-0.25, -0.2) is 8.42 Å². The molecular weight excluding hydrogens is 324 g/mol. The fourth-order valence-electron chi connectivity index (χ4n) is 2.40. The Kier molecular flexibility index (Phi) is 5.62.